The van der Waals surface area contributed by atoms with Gasteiger partial charge in [-0.2, -0.15) is 10.2 Å². The first-order valence-corrected chi connectivity index (χ1v) is 10.0. The molecule has 0 spiro atoms. The Morgan fingerprint density at radius 3 is 2.61 bits per heavy atom. The van der Waals surface area contributed by atoms with E-state index in [1.807, 2.05) is 63.6 Å². The van der Waals surface area contributed by atoms with Gasteiger partial charge in [0.2, 0.25) is 0 Å². The third kappa shape index (κ3) is 3.40. The number of anilines is 1. The van der Waals surface area contributed by atoms with Crippen LogP contribution in [0.3, 0.4) is 0 Å². The first kappa shape index (κ1) is 18.9. The summed E-state index contributed by atoms with van der Waals surface area (Å²) in [5.41, 5.74) is 6.48. The molecule has 0 aliphatic carbocycles. The van der Waals surface area contributed by atoms with Crippen molar-refractivity contribution >= 4 is 17.1 Å². The number of carbonyl (C=O) groups is 1. The molecule has 0 saturated heterocycles. The molecule has 7 nitrogen and oxygen atoms in total. The van der Waals surface area contributed by atoms with Gasteiger partial charge in [0.25, 0.3) is 5.91 Å². The van der Waals surface area contributed by atoms with Crippen molar-refractivity contribution in [3.05, 3.63) is 90.1 Å². The monoisotopic (exact) mass is 410 g/mol. The number of hydrogen-bond donors (Lipinski definition) is 1. The van der Waals surface area contributed by atoms with Crippen LogP contribution in [-0.2, 0) is 7.05 Å². The van der Waals surface area contributed by atoms with Crippen molar-refractivity contribution in [3.63, 3.8) is 0 Å². The van der Waals surface area contributed by atoms with Crippen LogP contribution in [-0.4, -0.2) is 29.9 Å². The summed E-state index contributed by atoms with van der Waals surface area (Å²) in [4.78, 5) is 12.8. The van der Waals surface area contributed by atoms with Gasteiger partial charge in [-0.1, -0.05) is 18.2 Å². The van der Waals surface area contributed by atoms with Gasteiger partial charge in [0.05, 0.1) is 6.20 Å². The van der Waals surface area contributed by atoms with E-state index < -0.39 is 0 Å². The van der Waals surface area contributed by atoms with Crippen molar-refractivity contribution in [3.8, 4) is 16.9 Å². The fourth-order valence-corrected chi connectivity index (χ4v) is 3.66. The van der Waals surface area contributed by atoms with Crippen LogP contribution in [0.5, 0.6) is 0 Å². The summed E-state index contributed by atoms with van der Waals surface area (Å²) in [5.74, 6) is 0.621. The molecule has 154 valence electrons. The molecule has 0 aliphatic rings. The zero-order chi connectivity index (χ0) is 21.5. The number of nitrogens with one attached hydrogen (secondary N) is 1. The van der Waals surface area contributed by atoms with Crippen LogP contribution in [0.1, 0.15) is 21.6 Å². The molecule has 0 atom stereocenters. The molecule has 5 rings (SSSR count). The third-order valence-corrected chi connectivity index (χ3v) is 5.58. The summed E-state index contributed by atoms with van der Waals surface area (Å²) < 4.78 is 5.56. The van der Waals surface area contributed by atoms with Crippen LogP contribution in [0.15, 0.2) is 73.3 Å². The van der Waals surface area contributed by atoms with Crippen LogP contribution >= 0.6 is 0 Å². The molecule has 0 unspecified atom stereocenters. The number of aryl methyl sites for hydroxylation is 2. The van der Waals surface area contributed by atoms with Gasteiger partial charge < -0.3 is 9.72 Å². The Bertz CT molecular complexity index is 1420. The Morgan fingerprint density at radius 2 is 1.81 bits per heavy atom. The standard InChI is InChI=1S/C24H22N6O/c1-16-5-4-6-21(17(16)2)26-24(31)22-11-12-30(27-22)23-10-9-20-8-7-18(15-29(20)23)19-13-25-28(3)14-19/h4-15H,1-3H3,(H,26,31). The second-order valence-corrected chi connectivity index (χ2v) is 7.65. The fourth-order valence-electron chi connectivity index (χ4n) is 3.66. The number of aromatic nitrogens is 5. The lowest BCUT2D eigenvalue weighted by atomic mass is 10.1. The lowest BCUT2D eigenvalue weighted by Crippen LogP contribution is -2.14. The number of pyridine rings is 1. The van der Waals surface area contributed by atoms with Crippen molar-refractivity contribution in [2.24, 2.45) is 7.05 Å². The van der Waals surface area contributed by atoms with Gasteiger partial charge in [0.1, 0.15) is 5.82 Å². The third-order valence-electron chi connectivity index (χ3n) is 5.58. The number of fused-ring (bicyclic) bond motifs is 1. The quantitative estimate of drug-likeness (QED) is 0.478. The SMILES string of the molecule is Cc1cccc(NC(=O)c2ccn(-c3ccc4ccc(-c5cnn(C)c5)cn34)n2)c1C. The number of rotatable bonds is 4. The Hall–Kier alpha value is -4.13. The van der Waals surface area contributed by atoms with E-state index in [2.05, 4.69) is 38.2 Å². The first-order valence-electron chi connectivity index (χ1n) is 10.0. The maximum Gasteiger partial charge on any atom is 0.276 e. The maximum absolute atomic E-state index is 12.8. The van der Waals surface area contributed by atoms with Crippen molar-refractivity contribution < 1.29 is 4.79 Å². The predicted molar refractivity (Wildman–Crippen MR) is 121 cm³/mol. The summed E-state index contributed by atoms with van der Waals surface area (Å²) >= 11 is 0. The Morgan fingerprint density at radius 1 is 0.968 bits per heavy atom. The average Bonchev–Trinajstić information content (AvgIpc) is 3.50. The van der Waals surface area contributed by atoms with E-state index in [1.54, 1.807) is 21.6 Å². The van der Waals surface area contributed by atoms with Gasteiger partial charge in [-0.3, -0.25) is 9.48 Å². The second kappa shape index (κ2) is 7.28. The summed E-state index contributed by atoms with van der Waals surface area (Å²) in [6.45, 7) is 4.02. The largest absolute Gasteiger partial charge is 0.320 e. The first-order chi connectivity index (χ1) is 15.0. The number of hydrogen-bond acceptors (Lipinski definition) is 3. The molecule has 7 heteroatoms. The van der Waals surface area contributed by atoms with Crippen LogP contribution in [0, 0.1) is 13.8 Å². The second-order valence-electron chi connectivity index (χ2n) is 7.65. The molecule has 31 heavy (non-hydrogen) atoms. The molecule has 0 radical (unpaired) electrons. The van der Waals surface area contributed by atoms with E-state index in [9.17, 15) is 4.79 Å². The lowest BCUT2D eigenvalue weighted by Gasteiger charge is -2.09. The van der Waals surface area contributed by atoms with E-state index in [-0.39, 0.29) is 5.91 Å². The summed E-state index contributed by atoms with van der Waals surface area (Å²) in [7, 11) is 1.90. The van der Waals surface area contributed by atoms with E-state index >= 15 is 0 Å². The summed E-state index contributed by atoms with van der Waals surface area (Å²) in [6.07, 6.45) is 7.68. The molecular weight excluding hydrogens is 388 g/mol. The molecule has 4 aromatic heterocycles. The van der Waals surface area contributed by atoms with Gasteiger partial charge >= 0.3 is 0 Å². The van der Waals surface area contributed by atoms with Gasteiger partial charge in [0.15, 0.2) is 5.69 Å². The van der Waals surface area contributed by atoms with Gasteiger partial charge in [-0.05, 0) is 55.3 Å². The minimum Gasteiger partial charge on any atom is -0.320 e. The van der Waals surface area contributed by atoms with Gasteiger partial charge in [0, 0.05) is 48.0 Å². The fraction of sp³-hybridized carbons (Fsp3) is 0.125. The maximum atomic E-state index is 12.8. The minimum atomic E-state index is -0.232. The van der Waals surface area contributed by atoms with Crippen LogP contribution in [0.25, 0.3) is 22.5 Å². The zero-order valence-electron chi connectivity index (χ0n) is 17.6. The van der Waals surface area contributed by atoms with Gasteiger partial charge in [-0.15, -0.1) is 0 Å². The van der Waals surface area contributed by atoms with E-state index in [1.165, 1.54) is 0 Å². The van der Waals surface area contributed by atoms with Crippen molar-refractivity contribution in [2.75, 3.05) is 5.32 Å². The topological polar surface area (TPSA) is 69.2 Å². The lowest BCUT2D eigenvalue weighted by molar-refractivity contribution is 0.102. The smallest absolute Gasteiger partial charge is 0.276 e. The van der Waals surface area contributed by atoms with E-state index in [4.69, 9.17) is 0 Å². The molecule has 5 aromatic rings. The number of carbonyl (C=O) groups excluding carboxylic acids is 1. The predicted octanol–water partition coefficient (Wildman–Crippen LogP) is 4.39. The normalized spacial score (nSPS) is 11.2. The Labute approximate surface area is 179 Å². The van der Waals surface area contributed by atoms with Crippen LogP contribution in [0.2, 0.25) is 0 Å². The number of amides is 1. The van der Waals surface area contributed by atoms with E-state index in [0.717, 1.165) is 39.3 Å². The molecular formula is C24H22N6O. The molecule has 1 N–H and O–H groups in total. The minimum absolute atomic E-state index is 0.232. The van der Waals surface area contributed by atoms with Crippen molar-refractivity contribution in [2.45, 2.75) is 13.8 Å². The highest BCUT2D eigenvalue weighted by Gasteiger charge is 2.14. The summed E-state index contributed by atoms with van der Waals surface area (Å²) in [5, 5.41) is 11.7. The Balaban J connectivity index is 1.46. The number of benzene rings is 1. The molecule has 0 bridgehead atoms. The molecule has 4 heterocycles. The highest BCUT2D eigenvalue weighted by molar-refractivity contribution is 6.03. The average molecular weight is 410 g/mol. The molecule has 1 aromatic carbocycles. The van der Waals surface area contributed by atoms with Gasteiger partial charge in [-0.25, -0.2) is 4.68 Å². The van der Waals surface area contributed by atoms with Crippen LogP contribution < -0.4 is 5.32 Å². The van der Waals surface area contributed by atoms with E-state index in [0.29, 0.717) is 5.69 Å². The molecule has 0 aliphatic heterocycles. The highest BCUT2D eigenvalue weighted by atomic mass is 16.2. The van der Waals surface area contributed by atoms with Crippen molar-refractivity contribution in [1.29, 1.82) is 0 Å². The zero-order valence-corrected chi connectivity index (χ0v) is 17.6. The highest BCUT2D eigenvalue weighted by Crippen LogP contribution is 2.23. The number of nitrogens with zero attached hydrogens (tertiary/aromatic N) is 5. The summed E-state index contributed by atoms with van der Waals surface area (Å²) in [6, 6.07) is 15.7. The van der Waals surface area contributed by atoms with Crippen LogP contribution in [0.4, 0.5) is 5.69 Å². The Kier molecular flexibility index (Phi) is 4.43. The van der Waals surface area contributed by atoms with Crippen molar-refractivity contribution in [1.82, 2.24) is 24.0 Å². The molecule has 1 amide bonds. The molecule has 0 fully saturated rings. The molecule has 0 saturated carbocycles.